The highest BCUT2D eigenvalue weighted by Gasteiger charge is 2.22. The molecule has 0 aliphatic carbocycles. The largest absolute Gasteiger partial charge is 0.223 e. The number of allylic oxidation sites excluding steroid dienone is 3. The number of hydrogen-bond acceptors (Lipinski definition) is 10. The van der Waals surface area contributed by atoms with E-state index in [2.05, 4.69) is 30.4 Å². The Kier molecular flexibility index (Phi) is 6.72. The summed E-state index contributed by atoms with van der Waals surface area (Å²) in [6.07, 6.45) is 7.13. The van der Waals surface area contributed by atoms with Gasteiger partial charge in [0.15, 0.2) is 9.66 Å². The maximum absolute atomic E-state index is 9.56. The second kappa shape index (κ2) is 10.3. The van der Waals surface area contributed by atoms with Gasteiger partial charge in [0.05, 0.1) is 16.0 Å². The van der Waals surface area contributed by atoms with Crippen LogP contribution < -0.4 is 0 Å². The SMILES string of the molecule is N#CC(=Cc1ccc(-c2nc3sc(C4=CCC(C=C(C#N)c5cccs5)S4)nc3s2)s1)c1cccs1. The average molecular weight is 575 g/mol. The van der Waals surface area contributed by atoms with E-state index in [1.807, 2.05) is 47.2 Å². The van der Waals surface area contributed by atoms with E-state index in [0.29, 0.717) is 5.57 Å². The summed E-state index contributed by atoms with van der Waals surface area (Å²) >= 11 is 9.79. The van der Waals surface area contributed by atoms with Gasteiger partial charge in [0, 0.05) is 24.8 Å². The van der Waals surface area contributed by atoms with Gasteiger partial charge in [-0.15, -0.1) is 45.8 Å². The van der Waals surface area contributed by atoms with E-state index in [1.165, 1.54) is 0 Å². The molecule has 1 aliphatic rings. The molecule has 5 aromatic heterocycles. The van der Waals surface area contributed by atoms with Crippen molar-refractivity contribution in [1.29, 1.82) is 10.5 Å². The maximum atomic E-state index is 9.56. The molecule has 36 heavy (non-hydrogen) atoms. The van der Waals surface area contributed by atoms with E-state index in [0.717, 1.165) is 56.1 Å². The summed E-state index contributed by atoms with van der Waals surface area (Å²) in [6.45, 7) is 0. The van der Waals surface area contributed by atoms with Crippen molar-refractivity contribution in [2.45, 2.75) is 11.7 Å². The highest BCUT2D eigenvalue weighted by molar-refractivity contribution is 8.09. The normalized spacial score (nSPS) is 16.3. The Hall–Kier alpha value is -2.83. The van der Waals surface area contributed by atoms with Gasteiger partial charge >= 0.3 is 0 Å². The van der Waals surface area contributed by atoms with Crippen molar-refractivity contribution in [3.05, 3.63) is 78.9 Å². The van der Waals surface area contributed by atoms with Gasteiger partial charge < -0.3 is 0 Å². The van der Waals surface area contributed by atoms with E-state index in [1.54, 1.807) is 68.4 Å². The number of thiophene rings is 3. The molecule has 0 aromatic carbocycles. The molecule has 1 atom stereocenters. The molecule has 4 nitrogen and oxygen atoms in total. The zero-order valence-corrected chi connectivity index (χ0v) is 23.3. The predicted octanol–water partition coefficient (Wildman–Crippen LogP) is 9.12. The molecular weight excluding hydrogens is 561 g/mol. The van der Waals surface area contributed by atoms with Gasteiger partial charge in [-0.1, -0.05) is 47.0 Å². The third-order valence-electron chi connectivity index (χ3n) is 5.29. The lowest BCUT2D eigenvalue weighted by molar-refractivity contribution is 1.10. The number of fused-ring (bicyclic) bond motifs is 1. The number of rotatable bonds is 6. The Balaban J connectivity index is 1.18. The van der Waals surface area contributed by atoms with Gasteiger partial charge in [-0.3, -0.25) is 0 Å². The highest BCUT2D eigenvalue weighted by atomic mass is 32.2. The Bertz CT molecular complexity index is 1680. The van der Waals surface area contributed by atoms with Crippen molar-refractivity contribution in [1.82, 2.24) is 9.97 Å². The molecule has 0 N–H and O–H groups in total. The Labute approximate surface area is 231 Å². The number of nitrogens with zero attached hydrogens (tertiary/aromatic N) is 4. The molecule has 0 saturated heterocycles. The minimum absolute atomic E-state index is 0.243. The molecule has 1 aliphatic heterocycles. The predicted molar refractivity (Wildman–Crippen MR) is 158 cm³/mol. The van der Waals surface area contributed by atoms with E-state index in [9.17, 15) is 10.5 Å². The summed E-state index contributed by atoms with van der Waals surface area (Å²) in [7, 11) is 0. The molecule has 0 radical (unpaired) electrons. The zero-order valence-electron chi connectivity index (χ0n) is 18.4. The van der Waals surface area contributed by atoms with Crippen LogP contribution in [0, 0.1) is 22.7 Å². The average Bonchev–Trinajstić information content (AvgIpc) is 3.69. The van der Waals surface area contributed by atoms with Crippen LogP contribution >= 0.6 is 68.4 Å². The monoisotopic (exact) mass is 574 g/mol. The van der Waals surface area contributed by atoms with Crippen molar-refractivity contribution < 1.29 is 0 Å². The van der Waals surface area contributed by atoms with Crippen LogP contribution in [0.4, 0.5) is 0 Å². The fourth-order valence-electron chi connectivity index (χ4n) is 3.65. The Morgan fingerprint density at radius 1 is 0.861 bits per heavy atom. The number of hydrogen-bond donors (Lipinski definition) is 0. The van der Waals surface area contributed by atoms with Crippen molar-refractivity contribution >= 4 is 100 Å². The molecule has 0 bridgehead atoms. The van der Waals surface area contributed by atoms with E-state index in [4.69, 9.17) is 9.97 Å². The first-order chi connectivity index (χ1) is 17.7. The minimum Gasteiger partial charge on any atom is -0.223 e. The second-order valence-electron chi connectivity index (χ2n) is 7.63. The lowest BCUT2D eigenvalue weighted by atomic mass is 10.1. The fraction of sp³-hybridized carbons (Fsp3) is 0.0769. The van der Waals surface area contributed by atoms with E-state index in [-0.39, 0.29) is 5.25 Å². The molecule has 0 saturated carbocycles. The van der Waals surface area contributed by atoms with Crippen LogP contribution in [-0.4, -0.2) is 15.2 Å². The van der Waals surface area contributed by atoms with Gasteiger partial charge in [0.25, 0.3) is 0 Å². The smallest absolute Gasteiger partial charge is 0.155 e. The third kappa shape index (κ3) is 4.76. The molecule has 174 valence electrons. The van der Waals surface area contributed by atoms with Crippen molar-refractivity contribution in [3.8, 4) is 22.0 Å². The third-order valence-corrected chi connectivity index (χ3v) is 11.7. The number of aromatic nitrogens is 2. The topological polar surface area (TPSA) is 73.4 Å². The first kappa shape index (κ1) is 23.6. The number of nitriles is 2. The lowest BCUT2D eigenvalue weighted by Crippen LogP contribution is -1.92. The molecule has 0 fully saturated rings. The Morgan fingerprint density at radius 3 is 2.25 bits per heavy atom. The van der Waals surface area contributed by atoms with Crippen molar-refractivity contribution in [2.75, 3.05) is 0 Å². The van der Waals surface area contributed by atoms with Crippen LogP contribution in [0.15, 0.2) is 59.3 Å². The van der Waals surface area contributed by atoms with Gasteiger partial charge in [-0.25, -0.2) is 9.97 Å². The molecular formula is C26H14N4S6. The van der Waals surface area contributed by atoms with Crippen LogP contribution in [0.3, 0.4) is 0 Å². The molecule has 10 heteroatoms. The van der Waals surface area contributed by atoms with E-state index >= 15 is 0 Å². The van der Waals surface area contributed by atoms with Crippen LogP contribution in [0.2, 0.25) is 0 Å². The van der Waals surface area contributed by atoms with Crippen molar-refractivity contribution in [3.63, 3.8) is 0 Å². The number of thioether (sulfide) groups is 1. The van der Waals surface area contributed by atoms with Crippen molar-refractivity contribution in [2.24, 2.45) is 0 Å². The van der Waals surface area contributed by atoms with Crippen LogP contribution in [0.1, 0.15) is 26.1 Å². The van der Waals surface area contributed by atoms with Crippen LogP contribution in [0.5, 0.6) is 0 Å². The Morgan fingerprint density at radius 2 is 1.56 bits per heavy atom. The summed E-state index contributed by atoms with van der Waals surface area (Å²) < 4.78 is 0. The molecule has 6 heterocycles. The van der Waals surface area contributed by atoms with Gasteiger partial charge in [0.2, 0.25) is 0 Å². The molecule has 6 rings (SSSR count). The summed E-state index contributed by atoms with van der Waals surface area (Å²) in [5, 5.41) is 25.3. The van der Waals surface area contributed by atoms with Gasteiger partial charge in [0.1, 0.15) is 22.2 Å². The lowest BCUT2D eigenvalue weighted by Gasteiger charge is -2.04. The molecule has 0 amide bonds. The van der Waals surface area contributed by atoms with Gasteiger partial charge in [-0.05, 0) is 47.5 Å². The second-order valence-corrected chi connectivity index (χ2v) is 13.9. The molecule has 1 unspecified atom stereocenters. The standard InChI is InChI=1S/C26H14N4S6/c27-13-15(19-3-1-9-31-19)11-17-5-7-21(33-17)23-29-25-26(35-23)30-24(36-25)22-8-6-18(34-22)12-16(14-28)20-4-2-10-32-20/h1-5,7-12,18H,6H2. The first-order valence-electron chi connectivity index (χ1n) is 10.8. The maximum Gasteiger partial charge on any atom is 0.155 e. The highest BCUT2D eigenvalue weighted by Crippen LogP contribution is 2.45. The van der Waals surface area contributed by atoms with Crippen LogP contribution in [-0.2, 0) is 0 Å². The summed E-state index contributed by atoms with van der Waals surface area (Å²) in [5.74, 6) is 0. The quantitative estimate of drug-likeness (QED) is 0.189. The van der Waals surface area contributed by atoms with Gasteiger partial charge in [-0.2, -0.15) is 10.5 Å². The summed E-state index contributed by atoms with van der Waals surface area (Å²) in [5.41, 5.74) is 1.42. The molecule has 5 aromatic rings. The summed E-state index contributed by atoms with van der Waals surface area (Å²) in [6, 6.07) is 16.6. The summed E-state index contributed by atoms with van der Waals surface area (Å²) in [4.78, 5) is 16.9. The van der Waals surface area contributed by atoms with E-state index < -0.39 is 0 Å². The minimum atomic E-state index is 0.243. The number of thiazole rings is 2. The molecule has 0 spiro atoms. The fourth-order valence-corrected chi connectivity index (χ4v) is 9.35. The first-order valence-corrected chi connectivity index (χ1v) is 15.9. The van der Waals surface area contributed by atoms with Crippen LogP contribution in [0.25, 0.3) is 41.7 Å². The zero-order chi connectivity index (χ0) is 24.5.